The van der Waals surface area contributed by atoms with Gasteiger partial charge in [-0.1, -0.05) is 0 Å². The summed E-state index contributed by atoms with van der Waals surface area (Å²) in [5.41, 5.74) is 0. The first-order valence-electron chi connectivity index (χ1n) is 5.25. The Labute approximate surface area is 108 Å². The molecule has 3 nitrogen and oxygen atoms in total. The number of piperazine rings is 1. The molecule has 0 radical (unpaired) electrons. The van der Waals surface area contributed by atoms with Gasteiger partial charge in [0, 0.05) is 24.1 Å². The van der Waals surface area contributed by atoms with Crippen LogP contribution in [0.1, 0.15) is 9.67 Å². The summed E-state index contributed by atoms with van der Waals surface area (Å²) >= 11 is 4.94. The fraction of sp³-hybridized carbons (Fsp3) is 0.545. The summed E-state index contributed by atoms with van der Waals surface area (Å²) in [6.07, 6.45) is 0. The predicted molar refractivity (Wildman–Crippen MR) is 70.3 cm³/mol. The lowest BCUT2D eigenvalue weighted by atomic mass is 10.1. The maximum Gasteiger partial charge on any atom is 0.192 e. The van der Waals surface area contributed by atoms with E-state index in [0.717, 1.165) is 29.0 Å². The molecule has 1 unspecified atom stereocenters. The minimum absolute atomic E-state index is 0.00583. The molecule has 1 aliphatic rings. The van der Waals surface area contributed by atoms with Crippen LogP contribution in [0.3, 0.4) is 0 Å². The van der Waals surface area contributed by atoms with Crippen LogP contribution in [-0.4, -0.2) is 55.4 Å². The van der Waals surface area contributed by atoms with E-state index in [1.807, 2.05) is 18.5 Å². The van der Waals surface area contributed by atoms with E-state index in [0.29, 0.717) is 0 Å². The lowest BCUT2D eigenvalue weighted by Crippen LogP contribution is -2.53. The summed E-state index contributed by atoms with van der Waals surface area (Å²) in [4.78, 5) is 17.5. The standard InChI is InChI=1S/C11H15BrN2OS/c1-13-4-5-14(2)9(7-13)10(15)11-8(12)3-6-16-11/h3,6,9H,4-5,7H2,1-2H3. The molecule has 2 rings (SSSR count). The number of carbonyl (C=O) groups excluding carboxylic acids is 1. The van der Waals surface area contributed by atoms with E-state index in [2.05, 4.69) is 32.8 Å². The van der Waals surface area contributed by atoms with Crippen molar-refractivity contribution in [3.05, 3.63) is 20.8 Å². The van der Waals surface area contributed by atoms with Crippen LogP contribution in [0.15, 0.2) is 15.9 Å². The number of ketones is 1. The molecule has 88 valence electrons. The van der Waals surface area contributed by atoms with E-state index in [1.165, 1.54) is 11.3 Å². The van der Waals surface area contributed by atoms with Crippen molar-refractivity contribution in [2.24, 2.45) is 0 Å². The van der Waals surface area contributed by atoms with Crippen LogP contribution in [0.5, 0.6) is 0 Å². The van der Waals surface area contributed by atoms with Crippen molar-refractivity contribution in [3.8, 4) is 0 Å². The van der Waals surface area contributed by atoms with Crippen molar-refractivity contribution in [1.82, 2.24) is 9.80 Å². The molecule has 0 N–H and O–H groups in total. The zero-order valence-corrected chi connectivity index (χ0v) is 11.8. The van der Waals surface area contributed by atoms with Gasteiger partial charge in [-0.3, -0.25) is 9.69 Å². The molecule has 0 amide bonds. The van der Waals surface area contributed by atoms with Gasteiger partial charge in [-0.05, 0) is 41.5 Å². The number of halogens is 1. The van der Waals surface area contributed by atoms with Crippen LogP contribution in [0, 0.1) is 0 Å². The average Bonchev–Trinajstić information content (AvgIpc) is 2.67. The summed E-state index contributed by atoms with van der Waals surface area (Å²) in [5.74, 6) is 0.232. The molecule has 0 aliphatic carbocycles. The second-order valence-corrected chi connectivity index (χ2v) is 5.99. The number of hydrogen-bond donors (Lipinski definition) is 0. The molecule has 0 spiro atoms. The van der Waals surface area contributed by atoms with Crippen molar-refractivity contribution in [2.75, 3.05) is 33.7 Å². The van der Waals surface area contributed by atoms with E-state index < -0.39 is 0 Å². The molecule has 0 saturated carbocycles. The number of rotatable bonds is 2. The van der Waals surface area contributed by atoms with Crippen LogP contribution in [0.2, 0.25) is 0 Å². The first-order chi connectivity index (χ1) is 7.59. The molecular formula is C11H15BrN2OS. The molecule has 1 aromatic heterocycles. The Hall–Kier alpha value is -0.230. The van der Waals surface area contributed by atoms with Crippen molar-refractivity contribution in [3.63, 3.8) is 0 Å². The van der Waals surface area contributed by atoms with E-state index in [1.54, 1.807) is 0 Å². The first-order valence-corrected chi connectivity index (χ1v) is 6.93. The van der Waals surface area contributed by atoms with Crippen LogP contribution < -0.4 is 0 Å². The van der Waals surface area contributed by atoms with Gasteiger partial charge in [0.05, 0.1) is 10.9 Å². The highest BCUT2D eigenvalue weighted by atomic mass is 79.9. The Kier molecular flexibility index (Phi) is 3.79. The fourth-order valence-electron chi connectivity index (χ4n) is 1.91. The first kappa shape index (κ1) is 12.2. The van der Waals surface area contributed by atoms with Crippen molar-refractivity contribution in [1.29, 1.82) is 0 Å². The number of likely N-dealkylation sites (N-methyl/N-ethyl adjacent to an activating group) is 2. The summed E-state index contributed by atoms with van der Waals surface area (Å²) in [6, 6.07) is 1.93. The molecule has 1 aromatic rings. The van der Waals surface area contributed by atoms with Gasteiger partial charge in [0.2, 0.25) is 0 Å². The Bertz CT molecular complexity index is 393. The van der Waals surface area contributed by atoms with Gasteiger partial charge in [0.25, 0.3) is 0 Å². The monoisotopic (exact) mass is 302 g/mol. The molecule has 1 fully saturated rings. The fourth-order valence-corrected chi connectivity index (χ4v) is 3.47. The Morgan fingerprint density at radius 1 is 1.50 bits per heavy atom. The molecule has 0 bridgehead atoms. The second-order valence-electron chi connectivity index (χ2n) is 4.22. The lowest BCUT2D eigenvalue weighted by Gasteiger charge is -2.36. The maximum absolute atomic E-state index is 12.3. The van der Waals surface area contributed by atoms with E-state index in [4.69, 9.17) is 0 Å². The number of nitrogens with zero attached hydrogens (tertiary/aromatic N) is 2. The van der Waals surface area contributed by atoms with Crippen LogP contribution in [0.25, 0.3) is 0 Å². The zero-order chi connectivity index (χ0) is 11.7. The second kappa shape index (κ2) is 4.96. The molecule has 1 aliphatic heterocycles. The van der Waals surface area contributed by atoms with Crippen LogP contribution >= 0.6 is 27.3 Å². The summed E-state index contributed by atoms with van der Waals surface area (Å²) in [5, 5.41) is 1.95. The summed E-state index contributed by atoms with van der Waals surface area (Å²) < 4.78 is 0.920. The van der Waals surface area contributed by atoms with Gasteiger partial charge in [0.15, 0.2) is 5.78 Å². The average molecular weight is 303 g/mol. The van der Waals surface area contributed by atoms with Gasteiger partial charge in [0.1, 0.15) is 0 Å². The topological polar surface area (TPSA) is 23.6 Å². The largest absolute Gasteiger partial charge is 0.303 e. The Morgan fingerprint density at radius 3 is 2.88 bits per heavy atom. The predicted octanol–water partition coefficient (Wildman–Crippen LogP) is 1.94. The van der Waals surface area contributed by atoms with Crippen molar-refractivity contribution >= 4 is 33.0 Å². The Morgan fingerprint density at radius 2 is 2.25 bits per heavy atom. The van der Waals surface area contributed by atoms with Crippen molar-refractivity contribution < 1.29 is 4.79 Å². The maximum atomic E-state index is 12.3. The third-order valence-electron chi connectivity index (χ3n) is 2.99. The molecule has 2 heterocycles. The minimum atomic E-state index is -0.00583. The number of hydrogen-bond acceptors (Lipinski definition) is 4. The quantitative estimate of drug-likeness (QED) is 0.780. The van der Waals surface area contributed by atoms with Gasteiger partial charge < -0.3 is 4.90 Å². The van der Waals surface area contributed by atoms with Gasteiger partial charge in [-0.15, -0.1) is 11.3 Å². The number of thiophene rings is 1. The van der Waals surface area contributed by atoms with E-state index in [-0.39, 0.29) is 11.8 Å². The van der Waals surface area contributed by atoms with Gasteiger partial charge in [-0.25, -0.2) is 0 Å². The normalized spacial score (nSPS) is 23.6. The highest BCUT2D eigenvalue weighted by Gasteiger charge is 2.30. The summed E-state index contributed by atoms with van der Waals surface area (Å²) in [7, 11) is 4.09. The molecule has 5 heteroatoms. The molecule has 1 saturated heterocycles. The number of carbonyl (C=O) groups is 1. The molecule has 0 aromatic carbocycles. The van der Waals surface area contributed by atoms with Gasteiger partial charge >= 0.3 is 0 Å². The zero-order valence-electron chi connectivity index (χ0n) is 9.44. The van der Waals surface area contributed by atoms with E-state index >= 15 is 0 Å². The van der Waals surface area contributed by atoms with Crippen LogP contribution in [0.4, 0.5) is 0 Å². The minimum Gasteiger partial charge on any atom is -0.303 e. The highest BCUT2D eigenvalue weighted by Crippen LogP contribution is 2.25. The Balaban J connectivity index is 2.18. The molecule has 1 atom stereocenters. The van der Waals surface area contributed by atoms with E-state index in [9.17, 15) is 4.79 Å². The lowest BCUT2D eigenvalue weighted by molar-refractivity contribution is 0.0689. The number of Topliss-reactive ketones (excluding diaryl/α,β-unsaturated/α-hetero) is 1. The third kappa shape index (κ3) is 2.37. The van der Waals surface area contributed by atoms with Gasteiger partial charge in [-0.2, -0.15) is 0 Å². The summed E-state index contributed by atoms with van der Waals surface area (Å²) in [6.45, 7) is 2.81. The van der Waals surface area contributed by atoms with Crippen LogP contribution in [-0.2, 0) is 0 Å². The highest BCUT2D eigenvalue weighted by molar-refractivity contribution is 9.10. The SMILES string of the molecule is CN1CCN(C)C(C(=O)c2sccc2Br)C1. The molecule has 16 heavy (non-hydrogen) atoms. The smallest absolute Gasteiger partial charge is 0.192 e. The van der Waals surface area contributed by atoms with Crippen molar-refractivity contribution in [2.45, 2.75) is 6.04 Å². The third-order valence-corrected chi connectivity index (χ3v) is 4.85. The molecular weight excluding hydrogens is 288 g/mol.